The van der Waals surface area contributed by atoms with E-state index in [0.717, 1.165) is 25.5 Å². The topological polar surface area (TPSA) is 30.5 Å². The van der Waals surface area contributed by atoms with Crippen LogP contribution in [0.15, 0.2) is 0 Å². The maximum atomic E-state index is 6.16. The zero-order valence-electron chi connectivity index (χ0n) is 13.5. The van der Waals surface area contributed by atoms with Gasteiger partial charge in [0, 0.05) is 25.5 Å². The number of hydrogen-bond donors (Lipinski definition) is 1. The van der Waals surface area contributed by atoms with Crippen molar-refractivity contribution in [3.8, 4) is 0 Å². The van der Waals surface area contributed by atoms with Crippen molar-refractivity contribution in [2.45, 2.75) is 63.7 Å². The number of rotatable bonds is 6. The minimum absolute atomic E-state index is 0.0528. The van der Waals surface area contributed by atoms with Crippen LogP contribution < -0.4 is 5.32 Å². The molecule has 118 valence electrons. The Morgan fingerprint density at radius 3 is 2.90 bits per heavy atom. The summed E-state index contributed by atoms with van der Waals surface area (Å²) in [6.45, 7) is 8.55. The molecule has 2 aliphatic rings. The Morgan fingerprint density at radius 2 is 2.30 bits per heavy atom. The van der Waals surface area contributed by atoms with E-state index in [4.69, 9.17) is 9.47 Å². The fraction of sp³-hybridized carbons (Fsp3) is 1.00. The van der Waals surface area contributed by atoms with Gasteiger partial charge in [0.25, 0.3) is 0 Å². The molecule has 0 aromatic carbocycles. The fourth-order valence-electron chi connectivity index (χ4n) is 3.55. The number of methoxy groups -OCH3 is 1. The third-order valence-corrected chi connectivity index (χ3v) is 6.12. The van der Waals surface area contributed by atoms with Crippen molar-refractivity contribution < 1.29 is 9.47 Å². The van der Waals surface area contributed by atoms with E-state index in [-0.39, 0.29) is 11.2 Å². The zero-order valence-corrected chi connectivity index (χ0v) is 14.4. The lowest BCUT2D eigenvalue weighted by Gasteiger charge is -2.42. The van der Waals surface area contributed by atoms with E-state index in [1.54, 1.807) is 0 Å². The standard InChI is InChI=1S/C16H31NO2S/c1-5-17-14(11-15(2,3)18-4)13-6-8-19-16(10-13)7-9-20-12-16/h13-14,17H,5-12H2,1-4H3. The summed E-state index contributed by atoms with van der Waals surface area (Å²) in [4.78, 5) is 0. The van der Waals surface area contributed by atoms with Gasteiger partial charge in [-0.05, 0) is 57.7 Å². The van der Waals surface area contributed by atoms with Gasteiger partial charge in [0.15, 0.2) is 0 Å². The van der Waals surface area contributed by atoms with Crippen LogP contribution in [0.5, 0.6) is 0 Å². The summed E-state index contributed by atoms with van der Waals surface area (Å²) < 4.78 is 11.8. The third-order valence-electron chi connectivity index (χ3n) is 4.90. The lowest BCUT2D eigenvalue weighted by molar-refractivity contribution is -0.0909. The number of thioether (sulfide) groups is 1. The SMILES string of the molecule is CCNC(CC(C)(C)OC)C1CCOC2(CCSC2)C1. The van der Waals surface area contributed by atoms with Crippen LogP contribution in [0.2, 0.25) is 0 Å². The summed E-state index contributed by atoms with van der Waals surface area (Å²) in [5, 5.41) is 3.71. The van der Waals surface area contributed by atoms with Gasteiger partial charge in [0.05, 0.1) is 11.2 Å². The first-order valence-electron chi connectivity index (χ1n) is 8.00. The molecule has 2 rings (SSSR count). The highest BCUT2D eigenvalue weighted by Crippen LogP contribution is 2.42. The van der Waals surface area contributed by atoms with Gasteiger partial charge >= 0.3 is 0 Å². The van der Waals surface area contributed by atoms with Crippen LogP contribution in [0, 0.1) is 5.92 Å². The number of hydrogen-bond acceptors (Lipinski definition) is 4. The molecule has 0 bridgehead atoms. The maximum Gasteiger partial charge on any atom is 0.0783 e. The lowest BCUT2D eigenvalue weighted by atomic mass is 9.78. The molecule has 2 saturated heterocycles. The second-order valence-electron chi connectivity index (χ2n) is 6.92. The Kier molecular flexibility index (Phi) is 5.80. The van der Waals surface area contributed by atoms with E-state index in [1.165, 1.54) is 30.8 Å². The monoisotopic (exact) mass is 301 g/mol. The van der Waals surface area contributed by atoms with Gasteiger partial charge in [0.1, 0.15) is 0 Å². The van der Waals surface area contributed by atoms with Gasteiger partial charge in [-0.3, -0.25) is 0 Å². The van der Waals surface area contributed by atoms with Gasteiger partial charge in [0.2, 0.25) is 0 Å². The van der Waals surface area contributed by atoms with E-state index in [0.29, 0.717) is 6.04 Å². The molecular weight excluding hydrogens is 270 g/mol. The fourth-order valence-corrected chi connectivity index (χ4v) is 4.93. The van der Waals surface area contributed by atoms with Crippen LogP contribution in [0.3, 0.4) is 0 Å². The van der Waals surface area contributed by atoms with Crippen LogP contribution in [0.25, 0.3) is 0 Å². The molecule has 20 heavy (non-hydrogen) atoms. The summed E-state index contributed by atoms with van der Waals surface area (Å²) in [5.41, 5.74) is 0.126. The largest absolute Gasteiger partial charge is 0.379 e. The van der Waals surface area contributed by atoms with Gasteiger partial charge in [-0.15, -0.1) is 0 Å². The molecule has 0 aliphatic carbocycles. The molecule has 4 heteroatoms. The first-order valence-corrected chi connectivity index (χ1v) is 9.16. The Balaban J connectivity index is 2.00. The first-order chi connectivity index (χ1) is 9.50. The van der Waals surface area contributed by atoms with Crippen molar-refractivity contribution in [1.82, 2.24) is 5.32 Å². The lowest BCUT2D eigenvalue weighted by Crippen LogP contribution is -2.49. The van der Waals surface area contributed by atoms with E-state index in [9.17, 15) is 0 Å². The van der Waals surface area contributed by atoms with Gasteiger partial charge in [-0.1, -0.05) is 6.92 Å². The first kappa shape index (κ1) is 16.6. The molecule has 2 heterocycles. The Bertz CT molecular complexity index is 303. The summed E-state index contributed by atoms with van der Waals surface area (Å²) in [6.07, 6.45) is 4.72. The highest BCUT2D eigenvalue weighted by molar-refractivity contribution is 7.99. The predicted octanol–water partition coefficient (Wildman–Crippen LogP) is 3.08. The molecule has 1 spiro atoms. The normalized spacial score (nSPS) is 32.7. The molecule has 2 fully saturated rings. The Hall–Kier alpha value is 0.230. The van der Waals surface area contributed by atoms with Crippen molar-refractivity contribution in [3.63, 3.8) is 0 Å². The molecular formula is C16H31NO2S. The van der Waals surface area contributed by atoms with Gasteiger partial charge in [-0.2, -0.15) is 11.8 Å². The molecule has 0 aromatic heterocycles. The van der Waals surface area contributed by atoms with Crippen LogP contribution >= 0.6 is 11.8 Å². The minimum Gasteiger partial charge on any atom is -0.379 e. The maximum absolute atomic E-state index is 6.16. The van der Waals surface area contributed by atoms with Crippen molar-refractivity contribution in [3.05, 3.63) is 0 Å². The summed E-state index contributed by atoms with van der Waals surface area (Å²) in [6, 6.07) is 0.543. The molecule has 3 nitrogen and oxygen atoms in total. The predicted molar refractivity (Wildman–Crippen MR) is 86.5 cm³/mol. The van der Waals surface area contributed by atoms with Crippen LogP contribution in [-0.2, 0) is 9.47 Å². The summed E-state index contributed by atoms with van der Waals surface area (Å²) >= 11 is 2.05. The molecule has 0 amide bonds. The number of nitrogens with one attached hydrogen (secondary N) is 1. The van der Waals surface area contributed by atoms with Crippen molar-refractivity contribution in [2.24, 2.45) is 5.92 Å². The highest BCUT2D eigenvalue weighted by atomic mass is 32.2. The molecule has 0 saturated carbocycles. The molecule has 3 atom stereocenters. The minimum atomic E-state index is -0.0528. The average molecular weight is 301 g/mol. The summed E-state index contributed by atoms with van der Waals surface area (Å²) in [7, 11) is 1.82. The van der Waals surface area contributed by atoms with Gasteiger partial charge in [-0.25, -0.2) is 0 Å². The van der Waals surface area contributed by atoms with Crippen LogP contribution in [-0.4, -0.2) is 49.0 Å². The summed E-state index contributed by atoms with van der Waals surface area (Å²) in [5.74, 6) is 3.18. The van der Waals surface area contributed by atoms with Crippen molar-refractivity contribution in [1.29, 1.82) is 0 Å². The Labute approximate surface area is 128 Å². The molecule has 0 aromatic rings. The number of ether oxygens (including phenoxy) is 2. The van der Waals surface area contributed by atoms with E-state index >= 15 is 0 Å². The van der Waals surface area contributed by atoms with E-state index in [2.05, 4.69) is 37.8 Å². The van der Waals surface area contributed by atoms with Gasteiger partial charge < -0.3 is 14.8 Å². The second kappa shape index (κ2) is 6.99. The van der Waals surface area contributed by atoms with Crippen molar-refractivity contribution in [2.75, 3.05) is 31.8 Å². The van der Waals surface area contributed by atoms with Crippen LogP contribution in [0.1, 0.15) is 46.5 Å². The third kappa shape index (κ3) is 4.12. The van der Waals surface area contributed by atoms with Crippen LogP contribution in [0.4, 0.5) is 0 Å². The molecule has 0 radical (unpaired) electrons. The van der Waals surface area contributed by atoms with E-state index in [1.807, 2.05) is 7.11 Å². The Morgan fingerprint density at radius 1 is 1.50 bits per heavy atom. The van der Waals surface area contributed by atoms with Crippen molar-refractivity contribution >= 4 is 11.8 Å². The van der Waals surface area contributed by atoms with E-state index < -0.39 is 0 Å². The molecule has 2 aliphatic heterocycles. The molecule has 3 unspecified atom stereocenters. The second-order valence-corrected chi connectivity index (χ2v) is 8.02. The quantitative estimate of drug-likeness (QED) is 0.817. The molecule has 1 N–H and O–H groups in total. The highest BCUT2D eigenvalue weighted by Gasteiger charge is 2.43. The zero-order chi connectivity index (χ0) is 14.6. The average Bonchev–Trinajstić information content (AvgIpc) is 2.86. The smallest absolute Gasteiger partial charge is 0.0783 e.